The van der Waals surface area contributed by atoms with E-state index in [2.05, 4.69) is 51.0 Å². The number of nitrogens with zero attached hydrogens (tertiary/aromatic N) is 1. The van der Waals surface area contributed by atoms with Gasteiger partial charge in [0, 0.05) is 23.5 Å². The maximum absolute atomic E-state index is 13.8. The lowest BCUT2D eigenvalue weighted by Gasteiger charge is -2.32. The van der Waals surface area contributed by atoms with E-state index in [-0.39, 0.29) is 31.0 Å². The highest BCUT2D eigenvalue weighted by molar-refractivity contribution is 9.10. The van der Waals surface area contributed by atoms with E-state index in [1.54, 1.807) is 4.90 Å². The summed E-state index contributed by atoms with van der Waals surface area (Å²) >= 11 is 7.10. The molecule has 0 aromatic heterocycles. The SMILES string of the molecule is CC[C@H](C)NC(=O)[C@@H](Cc1ccccc1)N(Cc1cccc(Br)c1)C(=O)COc1ccc(C(C)C)cc1Br. The monoisotopic (exact) mass is 642 g/mol. The predicted molar refractivity (Wildman–Crippen MR) is 160 cm³/mol. The fourth-order valence-electron chi connectivity index (χ4n) is 4.04. The molecule has 5 nitrogen and oxygen atoms in total. The molecule has 38 heavy (non-hydrogen) atoms. The number of rotatable bonds is 12. The second-order valence-corrected chi connectivity index (χ2v) is 11.6. The van der Waals surface area contributed by atoms with E-state index in [0.717, 1.165) is 26.5 Å². The zero-order valence-electron chi connectivity index (χ0n) is 22.4. The van der Waals surface area contributed by atoms with Gasteiger partial charge in [-0.2, -0.15) is 0 Å². The zero-order valence-corrected chi connectivity index (χ0v) is 25.6. The van der Waals surface area contributed by atoms with Crippen molar-refractivity contribution in [2.45, 2.75) is 65.1 Å². The molecule has 0 unspecified atom stereocenters. The molecule has 0 heterocycles. The topological polar surface area (TPSA) is 58.6 Å². The van der Waals surface area contributed by atoms with Crippen LogP contribution < -0.4 is 10.1 Å². The lowest BCUT2D eigenvalue weighted by Crippen LogP contribution is -2.53. The van der Waals surface area contributed by atoms with E-state index in [1.807, 2.05) is 86.6 Å². The summed E-state index contributed by atoms with van der Waals surface area (Å²) in [5.41, 5.74) is 3.08. The van der Waals surface area contributed by atoms with E-state index in [0.29, 0.717) is 18.1 Å². The summed E-state index contributed by atoms with van der Waals surface area (Å²) in [5.74, 6) is 0.540. The largest absolute Gasteiger partial charge is 0.483 e. The summed E-state index contributed by atoms with van der Waals surface area (Å²) in [5, 5.41) is 3.09. The average molecular weight is 644 g/mol. The Hall–Kier alpha value is -2.64. The van der Waals surface area contributed by atoms with E-state index in [1.165, 1.54) is 5.56 Å². The van der Waals surface area contributed by atoms with Crippen molar-refractivity contribution in [3.05, 3.63) is 98.4 Å². The summed E-state index contributed by atoms with van der Waals surface area (Å²) in [4.78, 5) is 29.0. The van der Waals surface area contributed by atoms with Gasteiger partial charge in [-0.25, -0.2) is 0 Å². The summed E-state index contributed by atoms with van der Waals surface area (Å²) in [6.45, 7) is 8.35. The molecular formula is C31H36Br2N2O3. The molecule has 3 aromatic carbocycles. The number of hydrogen-bond acceptors (Lipinski definition) is 3. The minimum atomic E-state index is -0.701. The Labute approximate surface area is 243 Å². The molecular weight excluding hydrogens is 608 g/mol. The van der Waals surface area contributed by atoms with Gasteiger partial charge in [-0.05, 0) is 76.1 Å². The molecule has 2 atom stereocenters. The molecule has 3 rings (SSSR count). The van der Waals surface area contributed by atoms with Crippen molar-refractivity contribution in [1.82, 2.24) is 10.2 Å². The summed E-state index contributed by atoms with van der Waals surface area (Å²) in [7, 11) is 0. The molecule has 0 radical (unpaired) electrons. The molecule has 0 aliphatic rings. The zero-order chi connectivity index (χ0) is 27.7. The molecule has 1 N–H and O–H groups in total. The number of hydrogen-bond donors (Lipinski definition) is 1. The van der Waals surface area contributed by atoms with Crippen molar-refractivity contribution in [1.29, 1.82) is 0 Å². The molecule has 2 amide bonds. The molecule has 0 spiro atoms. The highest BCUT2D eigenvalue weighted by Crippen LogP contribution is 2.29. The van der Waals surface area contributed by atoms with Crippen molar-refractivity contribution in [2.24, 2.45) is 0 Å². The third-order valence-corrected chi connectivity index (χ3v) is 7.60. The van der Waals surface area contributed by atoms with Gasteiger partial charge in [0.05, 0.1) is 4.47 Å². The lowest BCUT2D eigenvalue weighted by atomic mass is 10.0. The van der Waals surface area contributed by atoms with Crippen LogP contribution in [0.15, 0.2) is 81.7 Å². The Kier molecular flexibility index (Phi) is 11.4. The molecule has 7 heteroatoms. The van der Waals surface area contributed by atoms with Gasteiger partial charge in [0.1, 0.15) is 11.8 Å². The van der Waals surface area contributed by atoms with Crippen molar-refractivity contribution < 1.29 is 14.3 Å². The van der Waals surface area contributed by atoms with Crippen LogP contribution >= 0.6 is 31.9 Å². The fraction of sp³-hybridized carbons (Fsp3) is 0.355. The molecule has 0 aliphatic heterocycles. The van der Waals surface area contributed by atoms with Gasteiger partial charge in [0.2, 0.25) is 5.91 Å². The summed E-state index contributed by atoms with van der Waals surface area (Å²) in [6, 6.07) is 22.8. The van der Waals surface area contributed by atoms with E-state index < -0.39 is 6.04 Å². The fourth-order valence-corrected chi connectivity index (χ4v) is 5.00. The first kappa shape index (κ1) is 29.9. The molecule has 0 bridgehead atoms. The van der Waals surface area contributed by atoms with Gasteiger partial charge >= 0.3 is 0 Å². The number of carbonyl (C=O) groups is 2. The normalized spacial score (nSPS) is 12.6. The Bertz CT molecular complexity index is 1220. The first-order valence-corrected chi connectivity index (χ1v) is 14.6. The van der Waals surface area contributed by atoms with Gasteiger partial charge in [0.15, 0.2) is 6.61 Å². The van der Waals surface area contributed by atoms with Gasteiger partial charge in [-0.15, -0.1) is 0 Å². The van der Waals surface area contributed by atoms with E-state index >= 15 is 0 Å². The van der Waals surface area contributed by atoms with E-state index in [9.17, 15) is 9.59 Å². The van der Waals surface area contributed by atoms with Gasteiger partial charge in [-0.3, -0.25) is 9.59 Å². The van der Waals surface area contributed by atoms with Gasteiger partial charge < -0.3 is 15.0 Å². The molecule has 3 aromatic rings. The lowest BCUT2D eigenvalue weighted by molar-refractivity contribution is -0.143. The standard InChI is InChI=1S/C31H36Br2N2O3/c1-5-22(4)34-31(37)28(17-23-10-7-6-8-11-23)35(19-24-12-9-13-26(32)16-24)30(36)20-38-29-15-14-25(21(2)3)18-27(29)33/h6-16,18,21-22,28H,5,17,19-20H2,1-4H3,(H,34,37)/t22-,28+/m0/s1. The quantitative estimate of drug-likeness (QED) is 0.226. The van der Waals surface area contributed by atoms with Crippen LogP contribution in [0.5, 0.6) is 5.75 Å². The Morgan fingerprint density at radius 2 is 1.63 bits per heavy atom. The maximum Gasteiger partial charge on any atom is 0.261 e. The van der Waals surface area contributed by atoms with E-state index in [4.69, 9.17) is 4.74 Å². The second-order valence-electron chi connectivity index (χ2n) is 9.81. The van der Waals surface area contributed by atoms with Crippen LogP contribution in [-0.2, 0) is 22.6 Å². The number of carbonyl (C=O) groups excluding carboxylic acids is 2. The van der Waals surface area contributed by atoms with Crippen LogP contribution in [0, 0.1) is 0 Å². The average Bonchev–Trinajstić information content (AvgIpc) is 2.90. The van der Waals surface area contributed by atoms with Crippen LogP contribution in [0.1, 0.15) is 56.7 Å². The molecule has 0 saturated heterocycles. The Morgan fingerprint density at radius 3 is 2.26 bits per heavy atom. The van der Waals surface area contributed by atoms with Crippen molar-refractivity contribution in [2.75, 3.05) is 6.61 Å². The van der Waals surface area contributed by atoms with Crippen LogP contribution in [0.3, 0.4) is 0 Å². The number of ether oxygens (including phenoxy) is 1. The number of halogens is 2. The third kappa shape index (κ3) is 8.70. The third-order valence-electron chi connectivity index (χ3n) is 6.49. The van der Waals surface area contributed by atoms with Gasteiger partial charge in [0.25, 0.3) is 5.91 Å². The number of benzene rings is 3. The molecule has 0 aliphatic carbocycles. The Balaban J connectivity index is 1.91. The first-order chi connectivity index (χ1) is 18.2. The summed E-state index contributed by atoms with van der Waals surface area (Å²) < 4.78 is 7.69. The van der Waals surface area contributed by atoms with Crippen molar-refractivity contribution in [3.63, 3.8) is 0 Å². The van der Waals surface area contributed by atoms with Crippen LogP contribution in [0.2, 0.25) is 0 Å². The van der Waals surface area contributed by atoms with Crippen molar-refractivity contribution in [3.8, 4) is 5.75 Å². The molecule has 202 valence electrons. The summed E-state index contributed by atoms with van der Waals surface area (Å²) in [6.07, 6.45) is 1.20. The predicted octanol–water partition coefficient (Wildman–Crippen LogP) is 7.27. The van der Waals surface area contributed by atoms with Crippen molar-refractivity contribution >= 4 is 43.7 Å². The highest BCUT2D eigenvalue weighted by atomic mass is 79.9. The minimum absolute atomic E-state index is 0.00438. The van der Waals surface area contributed by atoms with Crippen LogP contribution in [0.4, 0.5) is 0 Å². The smallest absolute Gasteiger partial charge is 0.261 e. The van der Waals surface area contributed by atoms with Crippen LogP contribution in [0.25, 0.3) is 0 Å². The maximum atomic E-state index is 13.8. The number of nitrogens with one attached hydrogen (secondary N) is 1. The minimum Gasteiger partial charge on any atom is -0.483 e. The first-order valence-electron chi connectivity index (χ1n) is 13.0. The second kappa shape index (κ2) is 14.5. The van der Waals surface area contributed by atoms with Crippen LogP contribution in [-0.4, -0.2) is 35.4 Å². The highest BCUT2D eigenvalue weighted by Gasteiger charge is 2.31. The van der Waals surface area contributed by atoms with Gasteiger partial charge in [-0.1, -0.05) is 85.2 Å². The molecule has 0 fully saturated rings. The molecule has 0 saturated carbocycles. The Morgan fingerprint density at radius 1 is 0.921 bits per heavy atom. The number of amides is 2.